The van der Waals surface area contributed by atoms with Gasteiger partial charge in [-0.15, -0.1) is 11.3 Å². The van der Waals surface area contributed by atoms with E-state index in [0.29, 0.717) is 31.1 Å². The number of amides is 3. The Kier molecular flexibility index (Phi) is 3.81. The summed E-state index contributed by atoms with van der Waals surface area (Å²) in [6.07, 6.45) is 1.28. The molecule has 18 heavy (non-hydrogen) atoms. The van der Waals surface area contributed by atoms with Gasteiger partial charge in [0.1, 0.15) is 0 Å². The van der Waals surface area contributed by atoms with Crippen LogP contribution in [0.2, 0.25) is 0 Å². The number of likely N-dealkylation sites (tertiary alicyclic amines) is 1. The van der Waals surface area contributed by atoms with Gasteiger partial charge in [0.25, 0.3) is 0 Å². The van der Waals surface area contributed by atoms with E-state index < -0.39 is 0 Å². The smallest absolute Gasteiger partial charge is 0.323 e. The molecule has 0 bridgehead atoms. The molecule has 2 rings (SSSR count). The molecule has 0 saturated carbocycles. The average Bonchev–Trinajstić information content (AvgIpc) is 2.75. The number of carbonyl (C=O) groups is 2. The highest BCUT2D eigenvalue weighted by atomic mass is 32.1. The Balaban J connectivity index is 1.86. The number of primary amides is 1. The van der Waals surface area contributed by atoms with Crippen LogP contribution in [0.1, 0.15) is 18.5 Å². The van der Waals surface area contributed by atoms with Crippen molar-refractivity contribution in [1.29, 1.82) is 0 Å². The number of nitrogens with zero attached hydrogens (tertiary/aromatic N) is 2. The molecule has 0 spiro atoms. The van der Waals surface area contributed by atoms with E-state index in [2.05, 4.69) is 10.3 Å². The maximum absolute atomic E-state index is 11.9. The number of carbonyl (C=O) groups excluding carboxylic acids is 2. The number of hydrogen-bond acceptors (Lipinski definition) is 4. The molecule has 0 radical (unpaired) electrons. The van der Waals surface area contributed by atoms with E-state index >= 15 is 0 Å². The minimum absolute atomic E-state index is 0.101. The normalized spacial score (nSPS) is 16.6. The third kappa shape index (κ3) is 2.98. The van der Waals surface area contributed by atoms with Crippen LogP contribution in [0.3, 0.4) is 0 Å². The Morgan fingerprint density at radius 3 is 2.67 bits per heavy atom. The Morgan fingerprint density at radius 1 is 1.50 bits per heavy atom. The Hall–Kier alpha value is -1.63. The van der Waals surface area contributed by atoms with E-state index in [-0.39, 0.29) is 17.9 Å². The van der Waals surface area contributed by atoms with Crippen molar-refractivity contribution in [2.75, 3.05) is 18.4 Å². The van der Waals surface area contributed by atoms with Gasteiger partial charge in [-0.3, -0.25) is 10.1 Å². The van der Waals surface area contributed by atoms with Crippen molar-refractivity contribution in [3.8, 4) is 0 Å². The summed E-state index contributed by atoms with van der Waals surface area (Å²) in [6.45, 7) is 3.00. The predicted octanol–water partition coefficient (Wildman–Crippen LogP) is 1.18. The monoisotopic (exact) mass is 268 g/mol. The molecule has 0 aromatic carbocycles. The summed E-state index contributed by atoms with van der Waals surface area (Å²) in [5.74, 6) is -0.373. The molecule has 6 nitrogen and oxygen atoms in total. The molecule has 0 aliphatic carbocycles. The molecule has 2 heterocycles. The number of aromatic nitrogens is 1. The molecule has 0 unspecified atom stereocenters. The Morgan fingerprint density at radius 2 is 2.17 bits per heavy atom. The van der Waals surface area contributed by atoms with Crippen LogP contribution in [0, 0.1) is 12.8 Å². The molecule has 1 saturated heterocycles. The number of urea groups is 1. The van der Waals surface area contributed by atoms with Gasteiger partial charge in [-0.1, -0.05) is 0 Å². The molecule has 0 atom stereocenters. The van der Waals surface area contributed by atoms with E-state index in [1.54, 1.807) is 4.90 Å². The molecular weight excluding hydrogens is 252 g/mol. The van der Waals surface area contributed by atoms with Gasteiger partial charge in [-0.25, -0.2) is 9.78 Å². The van der Waals surface area contributed by atoms with E-state index in [4.69, 9.17) is 5.73 Å². The lowest BCUT2D eigenvalue weighted by molar-refractivity contribution is -0.122. The fourth-order valence-electron chi connectivity index (χ4n) is 1.95. The molecule has 7 heteroatoms. The van der Waals surface area contributed by atoms with Crippen LogP contribution in [0.25, 0.3) is 0 Å². The standard InChI is InChI=1S/C11H16N4O2S/c1-7-6-18-10(13-7)14-11(17)15-4-2-8(3-5-15)9(12)16/h6,8H,2-5H2,1H3,(H2,12,16)(H,13,14,17). The third-order valence-corrected chi connectivity index (χ3v) is 3.89. The van der Waals surface area contributed by atoms with E-state index in [1.165, 1.54) is 11.3 Å². The Labute approximate surface area is 109 Å². The topological polar surface area (TPSA) is 88.3 Å². The number of hydrogen-bond donors (Lipinski definition) is 2. The van der Waals surface area contributed by atoms with Gasteiger partial charge in [0.15, 0.2) is 5.13 Å². The summed E-state index contributed by atoms with van der Waals surface area (Å²) in [5, 5.41) is 5.24. The number of anilines is 1. The van der Waals surface area contributed by atoms with Gasteiger partial charge in [0.2, 0.25) is 5.91 Å². The first-order valence-corrected chi connectivity index (χ1v) is 6.71. The summed E-state index contributed by atoms with van der Waals surface area (Å²) >= 11 is 1.40. The summed E-state index contributed by atoms with van der Waals surface area (Å²) < 4.78 is 0. The summed E-state index contributed by atoms with van der Waals surface area (Å²) in [7, 11) is 0. The number of nitrogens with two attached hydrogens (primary N) is 1. The van der Waals surface area contributed by atoms with Crippen molar-refractivity contribution in [2.24, 2.45) is 11.7 Å². The quantitative estimate of drug-likeness (QED) is 0.844. The second kappa shape index (κ2) is 5.34. The zero-order valence-corrected chi connectivity index (χ0v) is 11.0. The fourth-order valence-corrected chi connectivity index (χ4v) is 2.63. The third-order valence-electron chi connectivity index (χ3n) is 3.02. The van der Waals surface area contributed by atoms with E-state index in [9.17, 15) is 9.59 Å². The van der Waals surface area contributed by atoms with Crippen LogP contribution in [0.4, 0.5) is 9.93 Å². The average molecular weight is 268 g/mol. The van der Waals surface area contributed by atoms with Crippen LogP contribution in [0.15, 0.2) is 5.38 Å². The van der Waals surface area contributed by atoms with Crippen LogP contribution < -0.4 is 11.1 Å². The molecule has 1 fully saturated rings. The summed E-state index contributed by atoms with van der Waals surface area (Å²) in [4.78, 5) is 28.8. The maximum Gasteiger partial charge on any atom is 0.323 e. The molecule has 3 N–H and O–H groups in total. The van der Waals surface area contributed by atoms with Gasteiger partial charge >= 0.3 is 6.03 Å². The van der Waals surface area contributed by atoms with Gasteiger partial charge < -0.3 is 10.6 Å². The summed E-state index contributed by atoms with van der Waals surface area (Å²) in [5.41, 5.74) is 6.14. The second-order valence-corrected chi connectivity index (χ2v) is 5.25. The number of thiazole rings is 1. The van der Waals surface area contributed by atoms with E-state index in [1.807, 2.05) is 12.3 Å². The highest BCUT2D eigenvalue weighted by molar-refractivity contribution is 7.13. The van der Waals surface area contributed by atoms with Gasteiger partial charge in [-0.2, -0.15) is 0 Å². The zero-order chi connectivity index (χ0) is 13.1. The minimum atomic E-state index is -0.273. The van der Waals surface area contributed by atoms with Gasteiger partial charge in [0, 0.05) is 24.4 Å². The molecule has 1 aromatic rings. The number of aryl methyl sites for hydroxylation is 1. The van der Waals surface area contributed by atoms with Crippen LogP contribution >= 0.6 is 11.3 Å². The first-order valence-electron chi connectivity index (χ1n) is 5.83. The highest BCUT2D eigenvalue weighted by Crippen LogP contribution is 2.19. The molecular formula is C11H16N4O2S. The van der Waals surface area contributed by atoms with Crippen molar-refractivity contribution < 1.29 is 9.59 Å². The van der Waals surface area contributed by atoms with Crippen molar-refractivity contribution in [2.45, 2.75) is 19.8 Å². The molecule has 1 aliphatic heterocycles. The SMILES string of the molecule is Cc1csc(NC(=O)N2CCC(C(N)=O)CC2)n1. The molecule has 1 aromatic heterocycles. The lowest BCUT2D eigenvalue weighted by atomic mass is 9.96. The van der Waals surface area contributed by atoms with Crippen LogP contribution in [-0.4, -0.2) is 34.9 Å². The lowest BCUT2D eigenvalue weighted by Gasteiger charge is -2.30. The lowest BCUT2D eigenvalue weighted by Crippen LogP contribution is -2.43. The van der Waals surface area contributed by atoms with Crippen molar-refractivity contribution in [1.82, 2.24) is 9.88 Å². The largest absolute Gasteiger partial charge is 0.369 e. The number of nitrogens with one attached hydrogen (secondary N) is 1. The first-order chi connectivity index (χ1) is 8.56. The Bertz CT molecular complexity index is 452. The van der Waals surface area contributed by atoms with Crippen LogP contribution in [0.5, 0.6) is 0 Å². The predicted molar refractivity (Wildman–Crippen MR) is 69.4 cm³/mol. The molecule has 3 amide bonds. The summed E-state index contributed by atoms with van der Waals surface area (Å²) in [6, 6.07) is -0.160. The first kappa shape index (κ1) is 12.8. The fraction of sp³-hybridized carbons (Fsp3) is 0.545. The number of rotatable bonds is 2. The van der Waals surface area contributed by atoms with Crippen LogP contribution in [-0.2, 0) is 4.79 Å². The molecule has 98 valence electrons. The van der Waals surface area contributed by atoms with Crippen molar-refractivity contribution >= 4 is 28.4 Å². The zero-order valence-electron chi connectivity index (χ0n) is 10.2. The van der Waals surface area contributed by atoms with Gasteiger partial charge in [-0.05, 0) is 19.8 Å². The minimum Gasteiger partial charge on any atom is -0.369 e. The van der Waals surface area contributed by atoms with Gasteiger partial charge in [0.05, 0.1) is 5.69 Å². The molecule has 1 aliphatic rings. The van der Waals surface area contributed by atoms with Crippen molar-refractivity contribution in [3.63, 3.8) is 0 Å². The highest BCUT2D eigenvalue weighted by Gasteiger charge is 2.26. The van der Waals surface area contributed by atoms with Crippen molar-refractivity contribution in [3.05, 3.63) is 11.1 Å². The van der Waals surface area contributed by atoms with E-state index in [0.717, 1.165) is 5.69 Å². The second-order valence-electron chi connectivity index (χ2n) is 4.39. The number of piperidine rings is 1. The maximum atomic E-state index is 11.9.